The number of hydrogen-bond donors (Lipinski definition) is 1. The van der Waals surface area contributed by atoms with Gasteiger partial charge in [0.05, 0.1) is 15.8 Å². The van der Waals surface area contributed by atoms with Crippen LogP contribution < -0.4 is 20.2 Å². The number of aromatic nitrogens is 2. The van der Waals surface area contributed by atoms with Crippen LogP contribution in [0, 0.1) is 13.8 Å². The fraction of sp³-hybridized carbons (Fsp3) is 0.192. The molecule has 8 heteroatoms. The van der Waals surface area contributed by atoms with Crippen LogP contribution in [0.15, 0.2) is 75.0 Å². The van der Waals surface area contributed by atoms with Crippen LogP contribution in [0.3, 0.4) is 0 Å². The van der Waals surface area contributed by atoms with Crippen molar-refractivity contribution in [2.75, 3.05) is 5.32 Å². The van der Waals surface area contributed by atoms with Crippen LogP contribution in [0.2, 0.25) is 0 Å². The number of aryl methyl sites for hydroxylation is 1. The van der Waals surface area contributed by atoms with E-state index in [0.29, 0.717) is 26.3 Å². The predicted octanol–water partition coefficient (Wildman–Crippen LogP) is 3.89. The summed E-state index contributed by atoms with van der Waals surface area (Å²) in [4.78, 5) is 33.4. The lowest BCUT2D eigenvalue weighted by Crippen LogP contribution is -2.40. The highest BCUT2D eigenvalue weighted by Crippen LogP contribution is 2.33. The molecule has 1 unspecified atom stereocenters. The minimum Gasteiger partial charge on any atom is -0.352 e. The Balaban J connectivity index is 1.67. The number of nitrogens with zero attached hydrogens (tertiary/aromatic N) is 3. The van der Waals surface area contributed by atoms with Crippen LogP contribution in [-0.4, -0.2) is 15.0 Å². The van der Waals surface area contributed by atoms with Crippen LogP contribution in [0.1, 0.15) is 34.8 Å². The fourth-order valence-corrected chi connectivity index (χ4v) is 6.08. The van der Waals surface area contributed by atoms with Gasteiger partial charge in [-0.1, -0.05) is 35.6 Å². The summed E-state index contributed by atoms with van der Waals surface area (Å²) in [5, 5.41) is 4.93. The quantitative estimate of drug-likeness (QED) is 0.474. The summed E-state index contributed by atoms with van der Waals surface area (Å²) in [5.41, 5.74) is 4.89. The van der Waals surface area contributed by atoms with Gasteiger partial charge in [-0.05, 0) is 62.1 Å². The van der Waals surface area contributed by atoms with E-state index in [1.165, 1.54) is 22.7 Å². The third-order valence-corrected chi connectivity index (χ3v) is 8.12. The molecule has 0 saturated heterocycles. The van der Waals surface area contributed by atoms with Crippen molar-refractivity contribution in [1.82, 2.24) is 9.13 Å². The van der Waals surface area contributed by atoms with E-state index in [9.17, 15) is 9.59 Å². The average molecular weight is 489 g/mol. The molecule has 1 aromatic carbocycles. The molecule has 172 valence electrons. The van der Waals surface area contributed by atoms with E-state index < -0.39 is 6.04 Å². The zero-order valence-electron chi connectivity index (χ0n) is 19.3. The molecule has 4 aromatic rings. The van der Waals surface area contributed by atoms with Crippen molar-refractivity contribution in [3.63, 3.8) is 0 Å². The summed E-state index contributed by atoms with van der Waals surface area (Å²) in [6, 6.07) is 14.8. The molecule has 3 aromatic heterocycles. The monoisotopic (exact) mass is 488 g/mol. The summed E-state index contributed by atoms with van der Waals surface area (Å²) >= 11 is 2.89. The molecule has 0 radical (unpaired) electrons. The number of amides is 1. The van der Waals surface area contributed by atoms with Crippen LogP contribution >= 0.6 is 22.7 Å². The zero-order chi connectivity index (χ0) is 24.0. The maximum atomic E-state index is 13.7. The Hall–Kier alpha value is -3.49. The van der Waals surface area contributed by atoms with E-state index in [-0.39, 0.29) is 11.5 Å². The van der Waals surface area contributed by atoms with Gasteiger partial charge in [-0.15, -0.1) is 11.3 Å². The first-order chi connectivity index (χ1) is 16.3. The Morgan fingerprint density at radius 3 is 2.53 bits per heavy atom. The summed E-state index contributed by atoms with van der Waals surface area (Å²) in [6.45, 7) is 5.92. The largest absolute Gasteiger partial charge is 0.352 e. The molecular formula is C26H24N4O2S2. The summed E-state index contributed by atoms with van der Waals surface area (Å²) in [5.74, 6) is -0.255. The minimum atomic E-state index is -0.527. The molecule has 0 bridgehead atoms. The van der Waals surface area contributed by atoms with Crippen molar-refractivity contribution in [3.8, 4) is 0 Å². The first kappa shape index (κ1) is 22.3. The molecule has 1 atom stereocenters. The second-order valence-corrected chi connectivity index (χ2v) is 10.3. The number of benzene rings is 1. The van der Waals surface area contributed by atoms with Gasteiger partial charge in [0.2, 0.25) is 0 Å². The molecule has 6 nitrogen and oxygen atoms in total. The second kappa shape index (κ2) is 8.70. The molecule has 5 rings (SSSR count). The number of nitrogens with one attached hydrogen (secondary N) is 1. The van der Waals surface area contributed by atoms with Crippen LogP contribution in [-0.2, 0) is 11.8 Å². The Bertz CT molecular complexity index is 1600. The highest BCUT2D eigenvalue weighted by atomic mass is 32.1. The Labute approximate surface area is 204 Å². The molecule has 0 fully saturated rings. The van der Waals surface area contributed by atoms with E-state index in [1.807, 2.05) is 81.7 Å². The maximum absolute atomic E-state index is 13.7. The molecule has 4 heterocycles. The number of rotatable bonds is 4. The van der Waals surface area contributed by atoms with Gasteiger partial charge in [0.25, 0.3) is 11.5 Å². The summed E-state index contributed by atoms with van der Waals surface area (Å²) in [7, 11) is 2.02. The van der Waals surface area contributed by atoms with E-state index in [1.54, 1.807) is 4.57 Å². The molecule has 1 aliphatic rings. The van der Waals surface area contributed by atoms with Gasteiger partial charge in [-0.2, -0.15) is 0 Å². The lowest BCUT2D eigenvalue weighted by atomic mass is 10.0. The van der Waals surface area contributed by atoms with Crippen LogP contribution in [0.4, 0.5) is 5.69 Å². The topological polar surface area (TPSA) is 68.4 Å². The first-order valence-corrected chi connectivity index (χ1v) is 12.6. The van der Waals surface area contributed by atoms with E-state index in [0.717, 1.165) is 21.8 Å². The normalized spacial score (nSPS) is 15.9. The van der Waals surface area contributed by atoms with Gasteiger partial charge in [-0.25, -0.2) is 4.99 Å². The van der Waals surface area contributed by atoms with E-state index >= 15 is 0 Å². The second-order valence-electron chi connectivity index (χ2n) is 8.30. The highest BCUT2D eigenvalue weighted by Gasteiger charge is 2.33. The number of allylic oxidation sites excluding steroid dienone is 1. The number of carbonyl (C=O) groups excluding carboxylic acids is 1. The molecule has 0 saturated carbocycles. The van der Waals surface area contributed by atoms with Crippen molar-refractivity contribution in [2.24, 2.45) is 12.0 Å². The number of carbonyl (C=O) groups is 1. The van der Waals surface area contributed by atoms with Gasteiger partial charge in [-0.3, -0.25) is 14.2 Å². The smallest absolute Gasteiger partial charge is 0.271 e. The van der Waals surface area contributed by atoms with E-state index in [2.05, 4.69) is 16.0 Å². The average Bonchev–Trinajstić information content (AvgIpc) is 3.51. The van der Waals surface area contributed by atoms with Crippen molar-refractivity contribution >= 4 is 40.3 Å². The van der Waals surface area contributed by atoms with Crippen molar-refractivity contribution in [2.45, 2.75) is 26.8 Å². The molecule has 1 aliphatic heterocycles. The number of para-hydroxylation sites is 1. The number of fused-ring (bicyclic) bond motifs is 1. The third kappa shape index (κ3) is 3.78. The Kier molecular flexibility index (Phi) is 5.71. The first-order valence-electron chi connectivity index (χ1n) is 10.9. The van der Waals surface area contributed by atoms with Gasteiger partial charge >= 0.3 is 0 Å². The molecule has 1 amide bonds. The minimum absolute atomic E-state index is 0.138. The number of thiazole rings is 1. The highest BCUT2D eigenvalue weighted by molar-refractivity contribution is 7.10. The summed E-state index contributed by atoms with van der Waals surface area (Å²) in [6.07, 6.45) is 1.93. The number of anilines is 1. The molecular weight excluding hydrogens is 464 g/mol. The molecule has 0 aliphatic carbocycles. The zero-order valence-corrected chi connectivity index (χ0v) is 21.0. The summed E-state index contributed by atoms with van der Waals surface area (Å²) < 4.78 is 4.37. The lowest BCUT2D eigenvalue weighted by molar-refractivity contribution is -0.113. The number of thiophene rings is 1. The number of hydrogen-bond acceptors (Lipinski definition) is 5. The standard InChI is InChI=1S/C26H24N4O2S2/c1-15-13-18(17(3)29(15)4)14-21-25(32)30-23(20-11-8-12-33-20)22(16(2)27-26(30)34-21)24(31)28-19-9-6-5-7-10-19/h5-14,23H,1-4H3,(H,28,31). The molecule has 0 spiro atoms. The van der Waals surface area contributed by atoms with Crippen molar-refractivity contribution in [3.05, 3.63) is 107 Å². The lowest BCUT2D eigenvalue weighted by Gasteiger charge is -2.24. The van der Waals surface area contributed by atoms with Crippen molar-refractivity contribution in [1.29, 1.82) is 0 Å². The molecule has 1 N–H and O–H groups in total. The van der Waals surface area contributed by atoms with Crippen LogP contribution in [0.25, 0.3) is 6.08 Å². The van der Waals surface area contributed by atoms with Gasteiger partial charge in [0.1, 0.15) is 6.04 Å². The predicted molar refractivity (Wildman–Crippen MR) is 138 cm³/mol. The fourth-order valence-electron chi connectivity index (χ4n) is 4.22. The van der Waals surface area contributed by atoms with Crippen LogP contribution in [0.5, 0.6) is 0 Å². The van der Waals surface area contributed by atoms with Gasteiger partial charge in [0, 0.05) is 29.0 Å². The maximum Gasteiger partial charge on any atom is 0.271 e. The SMILES string of the molecule is CC1=C(C(=O)Nc2ccccc2)C(c2cccs2)n2c(sc(=Cc3cc(C)n(C)c3C)c2=O)=N1. The van der Waals surface area contributed by atoms with E-state index in [4.69, 9.17) is 4.99 Å². The Morgan fingerprint density at radius 2 is 1.88 bits per heavy atom. The third-order valence-electron chi connectivity index (χ3n) is 6.21. The molecule has 34 heavy (non-hydrogen) atoms. The van der Waals surface area contributed by atoms with Gasteiger partial charge in [0.15, 0.2) is 4.80 Å². The van der Waals surface area contributed by atoms with Crippen molar-refractivity contribution < 1.29 is 4.79 Å². The Morgan fingerprint density at radius 1 is 1.12 bits per heavy atom. The van der Waals surface area contributed by atoms with Gasteiger partial charge < -0.3 is 9.88 Å².